The molecule has 8 heteroatoms. The van der Waals surface area contributed by atoms with Gasteiger partial charge in [-0.25, -0.2) is 8.42 Å². The van der Waals surface area contributed by atoms with Crippen LogP contribution in [0.4, 0.5) is 17.1 Å². The Hall–Kier alpha value is -3.65. The highest BCUT2D eigenvalue weighted by Crippen LogP contribution is 2.31. The standard InChI is InChI=1S/C24H23N3O4S/c1-17(28)25-20-9-12-22(13-10-20)32(30,31)26-21-11-14-23-19(16-21)8-5-15-27(23)24(29)18-6-3-2-4-7-18/h2-4,6-7,9-14,16,26H,5,8,15H2,1H3,(H,25,28). The maximum absolute atomic E-state index is 12.9. The van der Waals surface area contributed by atoms with E-state index in [2.05, 4.69) is 10.0 Å². The summed E-state index contributed by atoms with van der Waals surface area (Å²) in [5.74, 6) is -0.299. The smallest absolute Gasteiger partial charge is 0.261 e. The number of hydrogen-bond acceptors (Lipinski definition) is 4. The molecular weight excluding hydrogens is 426 g/mol. The predicted molar refractivity (Wildman–Crippen MR) is 124 cm³/mol. The number of aryl methyl sites for hydroxylation is 1. The first kappa shape index (κ1) is 21.6. The van der Waals surface area contributed by atoms with Gasteiger partial charge < -0.3 is 10.2 Å². The number of nitrogens with zero attached hydrogens (tertiary/aromatic N) is 1. The lowest BCUT2D eigenvalue weighted by molar-refractivity contribution is -0.114. The summed E-state index contributed by atoms with van der Waals surface area (Å²) in [6.45, 7) is 2.00. The van der Waals surface area contributed by atoms with Crippen LogP contribution in [-0.4, -0.2) is 26.8 Å². The Bertz CT molecular complexity index is 1260. The van der Waals surface area contributed by atoms with Crippen LogP contribution in [0.5, 0.6) is 0 Å². The summed E-state index contributed by atoms with van der Waals surface area (Å²) in [5.41, 5.74) is 3.29. The summed E-state index contributed by atoms with van der Waals surface area (Å²) >= 11 is 0. The van der Waals surface area contributed by atoms with Crippen molar-refractivity contribution in [3.63, 3.8) is 0 Å². The molecule has 2 amide bonds. The number of sulfonamides is 1. The van der Waals surface area contributed by atoms with Crippen molar-refractivity contribution in [3.8, 4) is 0 Å². The van der Waals surface area contributed by atoms with Crippen molar-refractivity contribution in [1.82, 2.24) is 0 Å². The molecule has 0 bridgehead atoms. The monoisotopic (exact) mass is 449 g/mol. The van der Waals surface area contributed by atoms with Gasteiger partial charge >= 0.3 is 0 Å². The number of carbonyl (C=O) groups is 2. The largest absolute Gasteiger partial charge is 0.326 e. The highest BCUT2D eigenvalue weighted by atomic mass is 32.2. The van der Waals surface area contributed by atoms with Gasteiger partial charge in [0.2, 0.25) is 5.91 Å². The molecule has 0 aromatic heterocycles. The molecule has 0 fully saturated rings. The summed E-state index contributed by atoms with van der Waals surface area (Å²) in [5, 5.41) is 2.61. The topological polar surface area (TPSA) is 95.6 Å². The van der Waals surface area contributed by atoms with Gasteiger partial charge in [0.15, 0.2) is 0 Å². The Morgan fingerprint density at radius 3 is 2.28 bits per heavy atom. The molecule has 32 heavy (non-hydrogen) atoms. The third kappa shape index (κ3) is 4.65. The molecular formula is C24H23N3O4S. The quantitative estimate of drug-likeness (QED) is 0.615. The van der Waals surface area contributed by atoms with E-state index in [0.29, 0.717) is 23.5 Å². The number of hydrogen-bond donors (Lipinski definition) is 2. The summed E-state index contributed by atoms with van der Waals surface area (Å²) < 4.78 is 28.2. The highest BCUT2D eigenvalue weighted by molar-refractivity contribution is 7.92. The van der Waals surface area contributed by atoms with E-state index in [9.17, 15) is 18.0 Å². The van der Waals surface area contributed by atoms with Crippen molar-refractivity contribution in [2.45, 2.75) is 24.7 Å². The van der Waals surface area contributed by atoms with Gasteiger partial charge in [-0.05, 0) is 73.0 Å². The van der Waals surface area contributed by atoms with Crippen molar-refractivity contribution in [2.75, 3.05) is 21.5 Å². The Balaban J connectivity index is 1.55. The van der Waals surface area contributed by atoms with Crippen molar-refractivity contribution >= 4 is 38.9 Å². The minimum absolute atomic E-state index is 0.0702. The summed E-state index contributed by atoms with van der Waals surface area (Å²) in [4.78, 5) is 25.9. The fourth-order valence-electron chi connectivity index (χ4n) is 3.74. The number of carbonyl (C=O) groups excluding carboxylic acids is 2. The maximum Gasteiger partial charge on any atom is 0.261 e. The maximum atomic E-state index is 12.9. The van der Waals surface area contributed by atoms with Crippen LogP contribution in [0.25, 0.3) is 0 Å². The van der Waals surface area contributed by atoms with E-state index >= 15 is 0 Å². The molecule has 2 N–H and O–H groups in total. The number of anilines is 3. The molecule has 0 atom stereocenters. The second kappa shape index (κ2) is 8.84. The van der Waals surface area contributed by atoms with Crippen LogP contribution in [0, 0.1) is 0 Å². The molecule has 0 saturated carbocycles. The van der Waals surface area contributed by atoms with E-state index in [-0.39, 0.29) is 16.7 Å². The number of benzene rings is 3. The molecule has 4 rings (SSSR count). The van der Waals surface area contributed by atoms with Gasteiger partial charge in [-0.3, -0.25) is 14.3 Å². The summed E-state index contributed by atoms with van der Waals surface area (Å²) in [7, 11) is -3.80. The zero-order valence-corrected chi connectivity index (χ0v) is 18.4. The lowest BCUT2D eigenvalue weighted by Gasteiger charge is -2.30. The van der Waals surface area contributed by atoms with E-state index in [0.717, 1.165) is 24.1 Å². The lowest BCUT2D eigenvalue weighted by atomic mass is 10.00. The molecule has 7 nitrogen and oxygen atoms in total. The van der Waals surface area contributed by atoms with Crippen molar-refractivity contribution < 1.29 is 18.0 Å². The lowest BCUT2D eigenvalue weighted by Crippen LogP contribution is -2.35. The van der Waals surface area contributed by atoms with Crippen LogP contribution < -0.4 is 14.9 Å². The average Bonchev–Trinajstić information content (AvgIpc) is 2.78. The van der Waals surface area contributed by atoms with Crippen LogP contribution in [0.2, 0.25) is 0 Å². The van der Waals surface area contributed by atoms with Gasteiger partial charge in [-0.1, -0.05) is 18.2 Å². The molecule has 3 aromatic rings. The molecule has 0 unspecified atom stereocenters. The fraction of sp³-hybridized carbons (Fsp3) is 0.167. The Labute approximate surface area is 187 Å². The van der Waals surface area contributed by atoms with Crippen molar-refractivity contribution in [3.05, 3.63) is 83.9 Å². The summed E-state index contributed by atoms with van der Waals surface area (Å²) in [6, 6.07) is 20.3. The van der Waals surface area contributed by atoms with Crippen LogP contribution in [0.3, 0.4) is 0 Å². The second-order valence-corrected chi connectivity index (χ2v) is 9.26. The average molecular weight is 450 g/mol. The number of nitrogens with one attached hydrogen (secondary N) is 2. The fourth-order valence-corrected chi connectivity index (χ4v) is 4.79. The molecule has 1 heterocycles. The Kier molecular flexibility index (Phi) is 5.96. The van der Waals surface area contributed by atoms with Crippen LogP contribution in [-0.2, 0) is 21.2 Å². The molecule has 0 saturated heterocycles. The Morgan fingerprint density at radius 2 is 1.59 bits per heavy atom. The van der Waals surface area contributed by atoms with Gasteiger partial charge in [0, 0.05) is 36.1 Å². The normalized spacial score (nSPS) is 13.2. The van der Waals surface area contributed by atoms with Crippen LogP contribution in [0.1, 0.15) is 29.3 Å². The molecule has 1 aliphatic heterocycles. The number of amides is 2. The van der Waals surface area contributed by atoms with Gasteiger partial charge in [0.25, 0.3) is 15.9 Å². The van der Waals surface area contributed by atoms with Gasteiger partial charge in [0.05, 0.1) is 4.90 Å². The zero-order chi connectivity index (χ0) is 22.7. The molecule has 3 aromatic carbocycles. The van der Waals surface area contributed by atoms with Gasteiger partial charge in [0.1, 0.15) is 0 Å². The minimum atomic E-state index is -3.80. The van der Waals surface area contributed by atoms with Crippen LogP contribution in [0.15, 0.2) is 77.7 Å². The van der Waals surface area contributed by atoms with Crippen molar-refractivity contribution in [2.24, 2.45) is 0 Å². The second-order valence-electron chi connectivity index (χ2n) is 7.58. The first-order chi connectivity index (χ1) is 15.3. The van der Waals surface area contributed by atoms with E-state index in [1.807, 2.05) is 18.2 Å². The first-order valence-corrected chi connectivity index (χ1v) is 11.7. The molecule has 164 valence electrons. The molecule has 0 spiro atoms. The van der Waals surface area contributed by atoms with Gasteiger partial charge in [-0.15, -0.1) is 0 Å². The Morgan fingerprint density at radius 1 is 0.906 bits per heavy atom. The molecule has 0 aliphatic carbocycles. The summed E-state index contributed by atoms with van der Waals surface area (Å²) in [6.07, 6.45) is 1.56. The third-order valence-electron chi connectivity index (χ3n) is 5.20. The first-order valence-electron chi connectivity index (χ1n) is 10.2. The third-order valence-corrected chi connectivity index (χ3v) is 6.60. The molecule has 0 radical (unpaired) electrons. The van der Waals surface area contributed by atoms with Crippen molar-refractivity contribution in [1.29, 1.82) is 0 Å². The van der Waals surface area contributed by atoms with Crippen LogP contribution >= 0.6 is 0 Å². The zero-order valence-electron chi connectivity index (χ0n) is 17.5. The van der Waals surface area contributed by atoms with E-state index < -0.39 is 10.0 Å². The van der Waals surface area contributed by atoms with E-state index in [1.165, 1.54) is 31.2 Å². The van der Waals surface area contributed by atoms with E-state index in [1.54, 1.807) is 35.2 Å². The number of fused-ring (bicyclic) bond motifs is 1. The SMILES string of the molecule is CC(=O)Nc1ccc(S(=O)(=O)Nc2ccc3c(c2)CCCN3C(=O)c2ccccc2)cc1. The van der Waals surface area contributed by atoms with Gasteiger partial charge in [-0.2, -0.15) is 0 Å². The van der Waals surface area contributed by atoms with E-state index in [4.69, 9.17) is 0 Å². The minimum Gasteiger partial charge on any atom is -0.326 e. The molecule has 1 aliphatic rings. The highest BCUT2D eigenvalue weighted by Gasteiger charge is 2.24. The predicted octanol–water partition coefficient (Wildman–Crippen LogP) is 4.04. The number of rotatable bonds is 5.